The van der Waals surface area contributed by atoms with E-state index in [1.54, 1.807) is 44.2 Å². The molecule has 0 aliphatic rings. The van der Waals surface area contributed by atoms with E-state index < -0.39 is 0 Å². The Morgan fingerprint density at radius 2 is 0.689 bits per heavy atom. The third-order valence-electron chi connectivity index (χ3n) is 7.95. The van der Waals surface area contributed by atoms with Crippen LogP contribution in [0.25, 0.3) is 17.1 Å². The molecule has 0 aliphatic carbocycles. The van der Waals surface area contributed by atoms with Crippen LogP contribution in [-0.2, 0) is 36.8 Å². The summed E-state index contributed by atoms with van der Waals surface area (Å²) in [6, 6.07) is 52.3. The van der Waals surface area contributed by atoms with E-state index in [1.165, 1.54) is 6.07 Å². The maximum atomic E-state index is 11.5. The fourth-order valence-corrected chi connectivity index (χ4v) is 5.36. The zero-order valence-corrected chi connectivity index (χ0v) is 36.8. The summed E-state index contributed by atoms with van der Waals surface area (Å²) >= 11 is 6.25. The molecule has 4 aromatic heterocycles. The molecule has 0 amide bonds. The van der Waals surface area contributed by atoms with E-state index in [2.05, 4.69) is 36.9 Å². The molecule has 0 unspecified atom stereocenters. The summed E-state index contributed by atoms with van der Waals surface area (Å²) in [4.78, 5) is 47.5. The molecule has 0 saturated carbocycles. The number of aryl methyl sites for hydroxylation is 4. The summed E-state index contributed by atoms with van der Waals surface area (Å²) in [6.07, 6.45) is 7.22. The molecule has 0 bridgehead atoms. The summed E-state index contributed by atoms with van der Waals surface area (Å²) < 4.78 is 13.9. The van der Waals surface area contributed by atoms with E-state index in [1.807, 2.05) is 186 Å². The van der Waals surface area contributed by atoms with Crippen LogP contribution in [-0.4, -0.2) is 18.7 Å². The molecule has 4 aromatic carbocycles. The Labute approximate surface area is 384 Å². The van der Waals surface area contributed by atoms with Crippen molar-refractivity contribution in [2.45, 2.75) is 35.1 Å². The van der Waals surface area contributed by atoms with Gasteiger partial charge in [-0.05, 0) is 98.5 Å². The molecule has 1 radical (unpaired) electrons. The number of pyridine rings is 4. The average Bonchev–Trinajstić information content (AvgIpc) is 3.27. The van der Waals surface area contributed by atoms with Crippen molar-refractivity contribution in [2.75, 3.05) is 0 Å². The number of aromatic nitrogens is 4. The summed E-state index contributed by atoms with van der Waals surface area (Å²) in [5.74, 6) is 0. The van der Waals surface area contributed by atoms with Crippen LogP contribution in [0.2, 0.25) is 0 Å². The van der Waals surface area contributed by atoms with Crippen molar-refractivity contribution in [3.8, 4) is 17.1 Å². The van der Waals surface area contributed by atoms with Crippen LogP contribution >= 0.6 is 15.9 Å². The predicted molar refractivity (Wildman–Crippen MR) is 244 cm³/mol. The quantitative estimate of drug-likeness (QED) is 0.177. The molecule has 61 heavy (non-hydrogen) atoms. The first kappa shape index (κ1) is 53.0. The van der Waals surface area contributed by atoms with Gasteiger partial charge in [-0.25, -0.2) is 0 Å². The number of rotatable bonds is 3. The molecule has 0 atom stereocenters. The first-order chi connectivity index (χ1) is 28.5. The van der Waals surface area contributed by atoms with Crippen LogP contribution < -0.4 is 22.2 Å². The van der Waals surface area contributed by atoms with Gasteiger partial charge in [0.2, 0.25) is 5.56 Å². The molecule has 0 fully saturated rings. The molecule has 4 heterocycles. The Balaban J connectivity index is 0.000000383. The zero-order chi connectivity index (χ0) is 43.0. The summed E-state index contributed by atoms with van der Waals surface area (Å²) in [5, 5.41) is 0. The van der Waals surface area contributed by atoms with Crippen molar-refractivity contribution in [3.63, 3.8) is 0 Å². The molecule has 8 aromatic rings. The van der Waals surface area contributed by atoms with E-state index in [9.17, 15) is 19.2 Å². The predicted octanol–water partition coefficient (Wildman–Crippen LogP) is 10.1. The molecule has 1 N–H and O–H groups in total. The minimum atomic E-state index is -0.0457. The number of H-pyrrole nitrogens is 1. The summed E-state index contributed by atoms with van der Waals surface area (Å²) in [7, 11) is 0. The normalized spacial score (nSPS) is 9.23. The van der Waals surface area contributed by atoms with Crippen LogP contribution in [0.15, 0.2) is 218 Å². The van der Waals surface area contributed by atoms with Crippen molar-refractivity contribution in [2.24, 2.45) is 0 Å². The number of hydrogen-bond donors (Lipinski definition) is 1. The van der Waals surface area contributed by atoms with Gasteiger partial charge in [0, 0.05) is 87.7 Å². The Bertz CT molecular complexity index is 2440. The Morgan fingerprint density at radius 3 is 0.918 bits per heavy atom. The van der Waals surface area contributed by atoms with E-state index in [-0.39, 0.29) is 46.7 Å². The third kappa shape index (κ3) is 19.3. The first-order valence-corrected chi connectivity index (χ1v) is 19.4. The van der Waals surface area contributed by atoms with Gasteiger partial charge in [0.1, 0.15) is 0 Å². The minimum absolute atomic E-state index is 0. The van der Waals surface area contributed by atoms with Gasteiger partial charge in [0.05, 0.1) is 0 Å². The number of aromatic amines is 1. The second kappa shape index (κ2) is 29.3. The van der Waals surface area contributed by atoms with Gasteiger partial charge in [0.15, 0.2) is 0 Å². The number of halogens is 1. The van der Waals surface area contributed by atoms with Gasteiger partial charge in [-0.3, -0.25) is 32.9 Å². The van der Waals surface area contributed by atoms with Crippen LogP contribution in [0, 0.1) is 27.7 Å². The Hall–Kier alpha value is -6.00. The third-order valence-corrected chi connectivity index (χ3v) is 8.48. The van der Waals surface area contributed by atoms with Crippen molar-refractivity contribution in [1.82, 2.24) is 18.7 Å². The first-order valence-electron chi connectivity index (χ1n) is 18.2. The van der Waals surface area contributed by atoms with E-state index in [0.29, 0.717) is 0 Å². The fourth-order valence-electron chi connectivity index (χ4n) is 5.05. The molecule has 0 spiro atoms. The second-order valence-corrected chi connectivity index (χ2v) is 13.7. The van der Waals surface area contributed by atoms with Gasteiger partial charge in [0.25, 0.3) is 16.7 Å². The Kier molecular flexibility index (Phi) is 25.4. The van der Waals surface area contributed by atoms with E-state index >= 15 is 0 Å². The van der Waals surface area contributed by atoms with Crippen LogP contribution in [0.1, 0.15) is 29.7 Å². The average molecular weight is 981 g/mol. The summed E-state index contributed by atoms with van der Waals surface area (Å²) in [6.45, 7) is 7.84. The van der Waals surface area contributed by atoms with Crippen LogP contribution in [0.5, 0.6) is 0 Å². The van der Waals surface area contributed by atoms with Gasteiger partial charge in [-0.15, -0.1) is 0 Å². The molecule has 0 aliphatic heterocycles. The van der Waals surface area contributed by atoms with E-state index in [0.717, 1.165) is 43.8 Å². The molecule has 324 valence electrons. The Morgan fingerprint density at radius 1 is 0.410 bits per heavy atom. The second-order valence-electron chi connectivity index (χ2n) is 12.8. The number of nitrogens with one attached hydrogen (secondary N) is 1. The van der Waals surface area contributed by atoms with Gasteiger partial charge in [-0.1, -0.05) is 120 Å². The fraction of sp³-hybridized carbons (Fsp3) is 0.102. The van der Waals surface area contributed by atoms with Gasteiger partial charge < -0.3 is 4.98 Å². The standard InChI is InChI=1S/3C12H11NO.C6H5Br.C6H7NO.CH4.2Cu.O/c3*1-10-7-8-12(14)13(9-10)11-5-3-2-4-6-11;7-6-4-2-1-3-5-6;1-5-2-3-6(8)7-4-5;;;;/h3*2-9H,1H3;1-5H;2-4H,1H3,(H,7,8);1H4;;;. The molecule has 8 rings (SSSR count). The number of para-hydroxylation sites is 3. The molecular weight excluding hydrogens is 932 g/mol. The van der Waals surface area contributed by atoms with E-state index in [4.69, 9.17) is 3.83 Å². The van der Waals surface area contributed by atoms with Crippen molar-refractivity contribution in [1.29, 1.82) is 0 Å². The number of hydrogen-bond acceptors (Lipinski definition) is 5. The summed E-state index contributed by atoms with van der Waals surface area (Å²) in [5.41, 5.74) is 6.98. The molecule has 0 saturated heterocycles. The molecular formula is C49H49BrCu2N4O5. The number of benzene rings is 4. The van der Waals surface area contributed by atoms with Crippen LogP contribution in [0.4, 0.5) is 0 Å². The van der Waals surface area contributed by atoms with Gasteiger partial charge in [-0.2, -0.15) is 0 Å². The van der Waals surface area contributed by atoms with Crippen molar-refractivity contribution >= 4 is 15.9 Å². The SMILES string of the molecule is Brc1ccccc1.C.Cc1ccc(=O)[nH]c1.Cc1ccc(=O)n(-c2ccccc2)c1.Cc1ccc(=O)n(-c2ccccc2)c1.Cc1ccc(=O)n(-c2ccccc2)c1.[Cu].[O]=[Cu]. The monoisotopic (exact) mass is 978 g/mol. The topological polar surface area (TPSA) is 116 Å². The van der Waals surface area contributed by atoms with Crippen LogP contribution in [0.3, 0.4) is 0 Å². The van der Waals surface area contributed by atoms with Crippen molar-refractivity contribution < 1.29 is 36.8 Å². The molecule has 12 heteroatoms. The maximum absolute atomic E-state index is 11.5. The molecule has 9 nitrogen and oxygen atoms in total. The zero-order valence-electron chi connectivity index (χ0n) is 33.3. The number of nitrogens with zero attached hydrogens (tertiary/aromatic N) is 3. The van der Waals surface area contributed by atoms with Crippen molar-refractivity contribution in [3.05, 3.63) is 263 Å². The van der Waals surface area contributed by atoms with Gasteiger partial charge >= 0.3 is 19.8 Å².